The van der Waals surface area contributed by atoms with Crippen LogP contribution >= 0.6 is 0 Å². The van der Waals surface area contributed by atoms with Crippen molar-refractivity contribution in [3.05, 3.63) is 0 Å². The van der Waals surface area contributed by atoms with Gasteiger partial charge in [-0.25, -0.2) is 0 Å². The van der Waals surface area contributed by atoms with E-state index in [1.54, 1.807) is 0 Å². The van der Waals surface area contributed by atoms with E-state index in [0.29, 0.717) is 12.5 Å². The van der Waals surface area contributed by atoms with Gasteiger partial charge in [0.05, 0.1) is 0 Å². The molecule has 2 N–H and O–H groups in total. The van der Waals surface area contributed by atoms with Gasteiger partial charge in [0.25, 0.3) is 0 Å². The van der Waals surface area contributed by atoms with Gasteiger partial charge in [-0.05, 0) is 32.4 Å². The lowest BCUT2D eigenvalue weighted by Crippen LogP contribution is -2.38. The van der Waals surface area contributed by atoms with Crippen LogP contribution < -0.4 is 10.6 Å². The maximum Gasteiger partial charge on any atom is 0.220 e. The van der Waals surface area contributed by atoms with Crippen LogP contribution in [0.15, 0.2) is 0 Å². The highest BCUT2D eigenvalue weighted by atomic mass is 16.1. The van der Waals surface area contributed by atoms with Crippen LogP contribution in [0, 0.1) is 0 Å². The molecule has 4 nitrogen and oxygen atoms in total. The Balaban J connectivity index is 1.87. The first-order valence-electron chi connectivity index (χ1n) is 6.08. The summed E-state index contributed by atoms with van der Waals surface area (Å²) in [6, 6.07) is 0.615. The third kappa shape index (κ3) is 3.18. The van der Waals surface area contributed by atoms with Crippen molar-refractivity contribution < 1.29 is 4.79 Å². The number of amides is 1. The second-order valence-electron chi connectivity index (χ2n) is 4.47. The highest BCUT2D eigenvalue weighted by Crippen LogP contribution is 2.14. The van der Waals surface area contributed by atoms with E-state index >= 15 is 0 Å². The summed E-state index contributed by atoms with van der Waals surface area (Å²) in [4.78, 5) is 13.8. The Bertz CT molecular complexity index is 212. The zero-order chi connectivity index (χ0) is 10.5. The van der Waals surface area contributed by atoms with E-state index in [0.717, 1.165) is 39.0 Å². The quantitative estimate of drug-likeness (QED) is 0.639. The second kappa shape index (κ2) is 5.47. The van der Waals surface area contributed by atoms with Crippen molar-refractivity contribution in [2.24, 2.45) is 0 Å². The topological polar surface area (TPSA) is 44.4 Å². The minimum absolute atomic E-state index is 0.227. The fourth-order valence-electron chi connectivity index (χ4n) is 2.51. The molecule has 4 heteroatoms. The summed E-state index contributed by atoms with van der Waals surface area (Å²) in [7, 11) is 0. The molecule has 2 heterocycles. The van der Waals surface area contributed by atoms with Crippen molar-refractivity contribution in [3.63, 3.8) is 0 Å². The lowest BCUT2D eigenvalue weighted by molar-refractivity contribution is -0.120. The first kappa shape index (κ1) is 10.9. The highest BCUT2D eigenvalue weighted by molar-refractivity contribution is 5.76. The molecule has 0 aromatic heterocycles. The van der Waals surface area contributed by atoms with Gasteiger partial charge in [0.2, 0.25) is 5.91 Å². The van der Waals surface area contributed by atoms with Crippen LogP contribution in [-0.2, 0) is 4.79 Å². The van der Waals surface area contributed by atoms with Crippen molar-refractivity contribution in [1.82, 2.24) is 15.5 Å². The average Bonchev–Trinajstić information content (AvgIpc) is 2.59. The Labute approximate surface area is 91.4 Å². The van der Waals surface area contributed by atoms with Gasteiger partial charge in [-0.15, -0.1) is 0 Å². The Hall–Kier alpha value is -0.610. The van der Waals surface area contributed by atoms with Crippen LogP contribution in [0.3, 0.4) is 0 Å². The van der Waals surface area contributed by atoms with Crippen molar-refractivity contribution in [2.75, 3.05) is 32.7 Å². The van der Waals surface area contributed by atoms with Gasteiger partial charge in [0.1, 0.15) is 0 Å². The van der Waals surface area contributed by atoms with Gasteiger partial charge in [-0.2, -0.15) is 0 Å². The van der Waals surface area contributed by atoms with Gasteiger partial charge in [-0.1, -0.05) is 0 Å². The molecule has 0 spiro atoms. The summed E-state index contributed by atoms with van der Waals surface area (Å²) in [6.45, 7) is 5.41. The molecule has 1 amide bonds. The molecule has 0 aliphatic carbocycles. The van der Waals surface area contributed by atoms with Crippen molar-refractivity contribution >= 4 is 5.91 Å². The number of nitrogens with zero attached hydrogens (tertiary/aromatic N) is 1. The second-order valence-corrected chi connectivity index (χ2v) is 4.47. The summed E-state index contributed by atoms with van der Waals surface area (Å²) in [5.74, 6) is 0.227. The third-order valence-electron chi connectivity index (χ3n) is 3.40. The SMILES string of the molecule is O=C1CCC(N2CCCNCC2)CCN1. The maximum absolute atomic E-state index is 11.2. The molecule has 0 bridgehead atoms. The Morgan fingerprint density at radius 2 is 2.07 bits per heavy atom. The minimum atomic E-state index is 0.227. The van der Waals surface area contributed by atoms with Crippen LogP contribution in [0.1, 0.15) is 25.7 Å². The summed E-state index contributed by atoms with van der Waals surface area (Å²) < 4.78 is 0. The van der Waals surface area contributed by atoms with E-state index in [1.165, 1.54) is 13.0 Å². The predicted octanol–water partition coefficient (Wildman–Crippen LogP) is -0.0496. The van der Waals surface area contributed by atoms with E-state index in [1.807, 2.05) is 0 Å². The van der Waals surface area contributed by atoms with Gasteiger partial charge in [-0.3, -0.25) is 9.69 Å². The molecule has 2 aliphatic heterocycles. The summed E-state index contributed by atoms with van der Waals surface area (Å²) >= 11 is 0. The molecule has 1 unspecified atom stereocenters. The number of carbonyl (C=O) groups excluding carboxylic acids is 1. The van der Waals surface area contributed by atoms with Crippen LogP contribution in [-0.4, -0.2) is 49.6 Å². The first-order chi connectivity index (χ1) is 7.36. The fourth-order valence-corrected chi connectivity index (χ4v) is 2.51. The molecular weight excluding hydrogens is 190 g/mol. The van der Waals surface area contributed by atoms with E-state index < -0.39 is 0 Å². The van der Waals surface area contributed by atoms with Gasteiger partial charge < -0.3 is 10.6 Å². The minimum Gasteiger partial charge on any atom is -0.356 e. The molecule has 2 fully saturated rings. The number of hydrogen-bond acceptors (Lipinski definition) is 3. The monoisotopic (exact) mass is 211 g/mol. The van der Waals surface area contributed by atoms with Crippen LogP contribution in [0.5, 0.6) is 0 Å². The molecular formula is C11H21N3O. The lowest BCUT2D eigenvalue weighted by Gasteiger charge is -2.28. The molecule has 0 radical (unpaired) electrons. The molecule has 1 atom stereocenters. The van der Waals surface area contributed by atoms with Crippen LogP contribution in [0.2, 0.25) is 0 Å². The summed E-state index contributed by atoms with van der Waals surface area (Å²) in [5.41, 5.74) is 0. The summed E-state index contributed by atoms with van der Waals surface area (Å²) in [6.07, 6.45) is 4.09. The average molecular weight is 211 g/mol. The molecule has 2 rings (SSSR count). The number of rotatable bonds is 1. The molecule has 2 saturated heterocycles. The molecule has 86 valence electrons. The van der Waals surface area contributed by atoms with E-state index in [4.69, 9.17) is 0 Å². The fraction of sp³-hybridized carbons (Fsp3) is 0.909. The normalized spacial score (nSPS) is 30.4. The van der Waals surface area contributed by atoms with Gasteiger partial charge in [0, 0.05) is 32.1 Å². The maximum atomic E-state index is 11.2. The zero-order valence-corrected chi connectivity index (χ0v) is 9.30. The summed E-state index contributed by atoms with van der Waals surface area (Å²) in [5, 5.41) is 6.36. The van der Waals surface area contributed by atoms with Crippen LogP contribution in [0.25, 0.3) is 0 Å². The van der Waals surface area contributed by atoms with E-state index in [9.17, 15) is 4.79 Å². The van der Waals surface area contributed by atoms with Crippen molar-refractivity contribution in [1.29, 1.82) is 0 Å². The molecule has 2 aliphatic rings. The van der Waals surface area contributed by atoms with E-state index in [2.05, 4.69) is 15.5 Å². The largest absolute Gasteiger partial charge is 0.356 e. The Morgan fingerprint density at radius 3 is 3.00 bits per heavy atom. The number of hydrogen-bond donors (Lipinski definition) is 2. The Kier molecular flexibility index (Phi) is 3.97. The highest BCUT2D eigenvalue weighted by Gasteiger charge is 2.22. The molecule has 0 aromatic rings. The standard InChI is InChI=1S/C11H21N3O/c15-11-3-2-10(4-6-13-11)14-8-1-5-12-7-9-14/h10,12H,1-9H2,(H,13,15). The number of nitrogens with one attached hydrogen (secondary N) is 2. The molecule has 0 aromatic carbocycles. The van der Waals surface area contributed by atoms with Crippen molar-refractivity contribution in [2.45, 2.75) is 31.7 Å². The lowest BCUT2D eigenvalue weighted by atomic mass is 10.1. The van der Waals surface area contributed by atoms with Crippen molar-refractivity contribution in [3.8, 4) is 0 Å². The Morgan fingerprint density at radius 1 is 1.13 bits per heavy atom. The third-order valence-corrected chi connectivity index (χ3v) is 3.40. The first-order valence-corrected chi connectivity index (χ1v) is 6.08. The number of carbonyl (C=O) groups is 1. The van der Waals surface area contributed by atoms with Crippen LogP contribution in [0.4, 0.5) is 0 Å². The molecule has 0 saturated carbocycles. The zero-order valence-electron chi connectivity index (χ0n) is 9.30. The van der Waals surface area contributed by atoms with Gasteiger partial charge >= 0.3 is 0 Å². The van der Waals surface area contributed by atoms with Gasteiger partial charge in [0.15, 0.2) is 0 Å². The van der Waals surface area contributed by atoms with E-state index in [-0.39, 0.29) is 5.91 Å². The molecule has 15 heavy (non-hydrogen) atoms. The predicted molar refractivity (Wildman–Crippen MR) is 59.7 cm³/mol. The smallest absolute Gasteiger partial charge is 0.220 e.